The Balaban J connectivity index is 2.17. The fraction of sp³-hybridized carbons (Fsp3) is 0.600. The molecule has 0 bridgehead atoms. The van der Waals surface area contributed by atoms with Crippen LogP contribution < -0.4 is 10.1 Å². The van der Waals surface area contributed by atoms with E-state index in [0.29, 0.717) is 12.1 Å². The van der Waals surface area contributed by atoms with Crippen LogP contribution in [0.5, 0.6) is 5.75 Å². The number of fused-ring (bicyclic) bond motifs is 1. The molecule has 1 N–H and O–H groups in total. The summed E-state index contributed by atoms with van der Waals surface area (Å²) in [4.78, 5) is 0. The van der Waals surface area contributed by atoms with Crippen molar-refractivity contribution in [3.05, 3.63) is 29.3 Å². The molecule has 3 heteroatoms. The van der Waals surface area contributed by atoms with Crippen molar-refractivity contribution in [1.82, 2.24) is 5.32 Å². The van der Waals surface area contributed by atoms with Crippen LogP contribution in [0.4, 0.5) is 0 Å². The van der Waals surface area contributed by atoms with Crippen LogP contribution in [0.25, 0.3) is 0 Å². The van der Waals surface area contributed by atoms with Crippen LogP contribution in [-0.4, -0.2) is 24.7 Å². The second-order valence-electron chi connectivity index (χ2n) is 4.91. The molecule has 18 heavy (non-hydrogen) atoms. The van der Waals surface area contributed by atoms with Crippen molar-refractivity contribution in [2.45, 2.75) is 38.8 Å². The number of benzene rings is 1. The van der Waals surface area contributed by atoms with E-state index < -0.39 is 0 Å². The summed E-state index contributed by atoms with van der Waals surface area (Å²) in [5.74, 6) is 2.24. The highest BCUT2D eigenvalue weighted by Crippen LogP contribution is 2.36. The maximum Gasteiger partial charge on any atom is 0.124 e. The first kappa shape index (κ1) is 13.8. The molecule has 2 nitrogen and oxygen atoms in total. The smallest absolute Gasteiger partial charge is 0.124 e. The molecule has 0 aliphatic carbocycles. The normalized spacial score (nSPS) is 22.4. The molecule has 0 spiro atoms. The molecule has 0 saturated carbocycles. The number of rotatable bonds is 5. The second-order valence-corrected chi connectivity index (χ2v) is 5.89. The number of aryl methyl sites for hydroxylation is 1. The second kappa shape index (κ2) is 6.48. The highest BCUT2D eigenvalue weighted by atomic mass is 32.2. The lowest BCUT2D eigenvalue weighted by molar-refractivity contribution is 0.147. The number of hydrogen-bond donors (Lipinski definition) is 1. The van der Waals surface area contributed by atoms with Gasteiger partial charge in [0.25, 0.3) is 0 Å². The van der Waals surface area contributed by atoms with E-state index in [9.17, 15) is 0 Å². The zero-order valence-corrected chi connectivity index (χ0v) is 12.3. The van der Waals surface area contributed by atoms with Crippen molar-refractivity contribution < 1.29 is 4.74 Å². The lowest BCUT2D eigenvalue weighted by Crippen LogP contribution is -2.33. The summed E-state index contributed by atoms with van der Waals surface area (Å²) in [7, 11) is 0. The minimum Gasteiger partial charge on any atom is -0.490 e. The van der Waals surface area contributed by atoms with Crippen LogP contribution in [0.1, 0.15) is 36.9 Å². The summed E-state index contributed by atoms with van der Waals surface area (Å²) in [6.07, 6.45) is 4.74. The van der Waals surface area contributed by atoms with Gasteiger partial charge in [-0.25, -0.2) is 0 Å². The molecule has 1 aliphatic heterocycles. The van der Waals surface area contributed by atoms with E-state index in [1.807, 2.05) is 11.8 Å². The van der Waals surface area contributed by atoms with Gasteiger partial charge in [0.1, 0.15) is 11.9 Å². The van der Waals surface area contributed by atoms with E-state index in [-0.39, 0.29) is 0 Å². The molecular formula is C15H23NOS. The van der Waals surface area contributed by atoms with Crippen LogP contribution >= 0.6 is 11.8 Å². The highest BCUT2D eigenvalue weighted by Gasteiger charge is 2.27. The quantitative estimate of drug-likeness (QED) is 0.879. The van der Waals surface area contributed by atoms with Crippen LogP contribution in [0.15, 0.2) is 18.2 Å². The van der Waals surface area contributed by atoms with Gasteiger partial charge in [0.05, 0.1) is 0 Å². The van der Waals surface area contributed by atoms with E-state index in [1.165, 1.54) is 16.9 Å². The first-order valence-electron chi connectivity index (χ1n) is 6.74. The molecule has 1 aromatic carbocycles. The molecular weight excluding hydrogens is 242 g/mol. The maximum atomic E-state index is 6.11. The van der Waals surface area contributed by atoms with Gasteiger partial charge in [0.2, 0.25) is 0 Å². The average molecular weight is 265 g/mol. The predicted molar refractivity (Wildman–Crippen MR) is 79.6 cm³/mol. The fourth-order valence-electron chi connectivity index (χ4n) is 2.53. The van der Waals surface area contributed by atoms with Crippen molar-refractivity contribution in [2.24, 2.45) is 0 Å². The summed E-state index contributed by atoms with van der Waals surface area (Å²) in [5, 5.41) is 3.59. The Morgan fingerprint density at radius 3 is 3.00 bits per heavy atom. The molecule has 100 valence electrons. The molecule has 0 fully saturated rings. The molecule has 0 amide bonds. The molecule has 1 heterocycles. The standard InChI is InChI=1S/C15H23NOS/c1-4-16-14-10-12(7-8-18-3)17-15-6-5-11(2)9-13(14)15/h5-6,9,12,14,16H,4,7-8,10H2,1-3H3. The van der Waals surface area contributed by atoms with Gasteiger partial charge < -0.3 is 10.1 Å². The molecule has 1 aliphatic rings. The van der Waals surface area contributed by atoms with Gasteiger partial charge in [-0.3, -0.25) is 0 Å². The number of nitrogens with one attached hydrogen (secondary N) is 1. The van der Waals surface area contributed by atoms with Gasteiger partial charge >= 0.3 is 0 Å². The van der Waals surface area contributed by atoms with E-state index in [2.05, 4.69) is 43.6 Å². The summed E-state index contributed by atoms with van der Waals surface area (Å²) >= 11 is 1.89. The fourth-order valence-corrected chi connectivity index (χ4v) is 3.03. The van der Waals surface area contributed by atoms with Crippen LogP contribution in [0.2, 0.25) is 0 Å². The third-order valence-corrected chi connectivity index (χ3v) is 4.07. The topological polar surface area (TPSA) is 21.3 Å². The zero-order valence-electron chi connectivity index (χ0n) is 11.5. The van der Waals surface area contributed by atoms with Crippen molar-refractivity contribution in [3.63, 3.8) is 0 Å². The first-order valence-corrected chi connectivity index (χ1v) is 8.13. The Morgan fingerprint density at radius 2 is 2.28 bits per heavy atom. The summed E-state index contributed by atoms with van der Waals surface area (Å²) in [6, 6.07) is 6.97. The van der Waals surface area contributed by atoms with Gasteiger partial charge in [-0.05, 0) is 38.0 Å². The van der Waals surface area contributed by atoms with Crippen molar-refractivity contribution in [1.29, 1.82) is 0 Å². The van der Waals surface area contributed by atoms with Gasteiger partial charge in [-0.1, -0.05) is 24.6 Å². The molecule has 0 radical (unpaired) electrons. The number of thioether (sulfide) groups is 1. The van der Waals surface area contributed by atoms with Crippen LogP contribution in [-0.2, 0) is 0 Å². The Morgan fingerprint density at radius 1 is 1.44 bits per heavy atom. The van der Waals surface area contributed by atoms with Gasteiger partial charge in [0, 0.05) is 18.0 Å². The van der Waals surface area contributed by atoms with Crippen molar-refractivity contribution in [2.75, 3.05) is 18.6 Å². The Bertz CT molecular complexity index is 394. The Labute approximate surface area is 114 Å². The first-order chi connectivity index (χ1) is 8.74. The molecule has 2 unspecified atom stereocenters. The average Bonchev–Trinajstić information content (AvgIpc) is 2.37. The van der Waals surface area contributed by atoms with Gasteiger partial charge in [-0.2, -0.15) is 11.8 Å². The monoisotopic (exact) mass is 265 g/mol. The molecule has 0 aromatic heterocycles. The third kappa shape index (κ3) is 3.21. The highest BCUT2D eigenvalue weighted by molar-refractivity contribution is 7.98. The van der Waals surface area contributed by atoms with Crippen molar-refractivity contribution >= 4 is 11.8 Å². The lowest BCUT2D eigenvalue weighted by atomic mass is 9.94. The summed E-state index contributed by atoms with van der Waals surface area (Å²) < 4.78 is 6.11. The third-order valence-electron chi connectivity index (χ3n) is 3.43. The van der Waals surface area contributed by atoms with E-state index in [1.54, 1.807) is 0 Å². The van der Waals surface area contributed by atoms with Crippen LogP contribution in [0, 0.1) is 6.92 Å². The van der Waals surface area contributed by atoms with E-state index >= 15 is 0 Å². The molecule has 1 aromatic rings. The van der Waals surface area contributed by atoms with Crippen LogP contribution in [0.3, 0.4) is 0 Å². The lowest BCUT2D eigenvalue weighted by Gasteiger charge is -2.33. The van der Waals surface area contributed by atoms with Gasteiger partial charge in [0.15, 0.2) is 0 Å². The molecule has 2 atom stereocenters. The van der Waals surface area contributed by atoms with Crippen molar-refractivity contribution in [3.8, 4) is 5.75 Å². The Hall–Kier alpha value is -0.670. The minimum absolute atomic E-state index is 0.358. The summed E-state index contributed by atoms with van der Waals surface area (Å²) in [6.45, 7) is 5.32. The summed E-state index contributed by atoms with van der Waals surface area (Å²) in [5.41, 5.74) is 2.64. The van der Waals surface area contributed by atoms with E-state index in [4.69, 9.17) is 4.74 Å². The number of hydrogen-bond acceptors (Lipinski definition) is 3. The maximum absolute atomic E-state index is 6.11. The Kier molecular flexibility index (Phi) is 4.95. The van der Waals surface area contributed by atoms with Gasteiger partial charge in [-0.15, -0.1) is 0 Å². The SMILES string of the molecule is CCNC1CC(CCSC)Oc2ccc(C)cc21. The number of ether oxygens (including phenoxy) is 1. The molecule has 0 saturated heterocycles. The molecule has 2 rings (SSSR count). The van der Waals surface area contributed by atoms with E-state index in [0.717, 1.165) is 25.1 Å². The predicted octanol–water partition coefficient (Wildman–Crippen LogP) is 3.55. The minimum atomic E-state index is 0.358. The largest absolute Gasteiger partial charge is 0.490 e. The zero-order chi connectivity index (χ0) is 13.0.